The third-order valence-electron chi connectivity index (χ3n) is 2.93. The number of benzene rings is 1. The minimum Gasteiger partial charge on any atom is -0.422 e. The summed E-state index contributed by atoms with van der Waals surface area (Å²) in [6, 6.07) is 5.82. The molecule has 0 saturated carbocycles. The quantitative estimate of drug-likeness (QED) is 0.726. The molecule has 0 bridgehead atoms. The van der Waals surface area contributed by atoms with Crippen molar-refractivity contribution in [3.63, 3.8) is 0 Å². The molecule has 2 aromatic heterocycles. The smallest absolute Gasteiger partial charge is 0.325 e. The van der Waals surface area contributed by atoms with Crippen molar-refractivity contribution in [2.24, 2.45) is 0 Å². The molecule has 0 radical (unpaired) electrons. The Morgan fingerprint density at radius 3 is 2.79 bits per heavy atom. The average molecular weight is 257 g/mol. The van der Waals surface area contributed by atoms with E-state index in [-0.39, 0.29) is 0 Å². The average Bonchev–Trinajstić information content (AvgIpc) is 3.00. The van der Waals surface area contributed by atoms with Crippen molar-refractivity contribution in [3.8, 4) is 6.01 Å². The van der Waals surface area contributed by atoms with Crippen LogP contribution in [0.25, 0.3) is 17.1 Å². The summed E-state index contributed by atoms with van der Waals surface area (Å²) in [6.07, 6.45) is 1.56. The van der Waals surface area contributed by atoms with Crippen molar-refractivity contribution in [2.45, 2.75) is 26.7 Å². The molecule has 6 nitrogen and oxygen atoms in total. The molecule has 6 heteroatoms. The standard InChI is InChI=1S/C13H15N5O/c1-3-11-16-12(4-2)18(17-11)13-15-9-7-8(14)5-6-10(9)19-13/h5-7H,3-4,14H2,1-2H3. The fourth-order valence-electron chi connectivity index (χ4n) is 1.95. The molecule has 2 N–H and O–H groups in total. The summed E-state index contributed by atoms with van der Waals surface area (Å²) < 4.78 is 7.36. The topological polar surface area (TPSA) is 82.8 Å². The van der Waals surface area contributed by atoms with Crippen LogP contribution in [0.4, 0.5) is 5.69 Å². The van der Waals surface area contributed by atoms with E-state index in [1.807, 2.05) is 19.9 Å². The van der Waals surface area contributed by atoms with E-state index in [9.17, 15) is 0 Å². The Labute approximate surface area is 110 Å². The zero-order chi connectivity index (χ0) is 13.4. The van der Waals surface area contributed by atoms with Gasteiger partial charge in [-0.15, -0.1) is 5.10 Å². The van der Waals surface area contributed by atoms with Crippen molar-refractivity contribution in [3.05, 3.63) is 29.8 Å². The Morgan fingerprint density at radius 1 is 1.21 bits per heavy atom. The number of rotatable bonds is 3. The number of nitrogens with zero attached hydrogens (tertiary/aromatic N) is 4. The van der Waals surface area contributed by atoms with Crippen LogP contribution < -0.4 is 5.73 Å². The SMILES string of the molecule is CCc1nc(CC)n(-c2nc3cc(N)ccc3o2)n1. The van der Waals surface area contributed by atoms with Crippen molar-refractivity contribution in [2.75, 3.05) is 5.73 Å². The van der Waals surface area contributed by atoms with E-state index in [4.69, 9.17) is 10.2 Å². The third kappa shape index (κ3) is 1.95. The van der Waals surface area contributed by atoms with Crippen LogP contribution in [0, 0.1) is 0 Å². The number of anilines is 1. The molecule has 19 heavy (non-hydrogen) atoms. The van der Waals surface area contributed by atoms with Crippen molar-refractivity contribution < 1.29 is 4.42 Å². The van der Waals surface area contributed by atoms with Gasteiger partial charge in [-0.05, 0) is 18.2 Å². The molecule has 0 aliphatic heterocycles. The predicted molar refractivity (Wildman–Crippen MR) is 72.1 cm³/mol. The Kier molecular flexibility index (Phi) is 2.70. The monoisotopic (exact) mass is 257 g/mol. The Hall–Kier alpha value is -2.37. The lowest BCUT2D eigenvalue weighted by Crippen LogP contribution is -2.02. The fourth-order valence-corrected chi connectivity index (χ4v) is 1.95. The van der Waals surface area contributed by atoms with Crippen LogP contribution in [-0.4, -0.2) is 19.7 Å². The molecule has 3 rings (SSSR count). The number of oxazole rings is 1. The van der Waals surface area contributed by atoms with Crippen molar-refractivity contribution in [1.29, 1.82) is 0 Å². The summed E-state index contributed by atoms with van der Waals surface area (Å²) in [4.78, 5) is 8.85. The molecule has 0 amide bonds. The number of nitrogen functional groups attached to an aromatic ring is 1. The van der Waals surface area contributed by atoms with Crippen LogP contribution in [0.1, 0.15) is 25.5 Å². The number of hydrogen-bond donors (Lipinski definition) is 1. The molecule has 0 atom stereocenters. The summed E-state index contributed by atoms with van der Waals surface area (Å²) in [7, 11) is 0. The highest BCUT2D eigenvalue weighted by Crippen LogP contribution is 2.21. The summed E-state index contributed by atoms with van der Waals surface area (Å²) in [5, 5.41) is 4.41. The van der Waals surface area contributed by atoms with Gasteiger partial charge in [0.05, 0.1) is 0 Å². The molecule has 1 aromatic carbocycles. The van der Waals surface area contributed by atoms with Crippen molar-refractivity contribution >= 4 is 16.8 Å². The second kappa shape index (κ2) is 4.38. The van der Waals surface area contributed by atoms with Gasteiger partial charge in [0.15, 0.2) is 11.4 Å². The minimum atomic E-state index is 0.435. The Bertz CT molecular complexity index is 728. The van der Waals surface area contributed by atoms with Crippen LogP contribution in [0.15, 0.2) is 22.6 Å². The molecular formula is C13H15N5O. The lowest BCUT2D eigenvalue weighted by atomic mass is 10.3. The maximum atomic E-state index is 5.74. The fraction of sp³-hybridized carbons (Fsp3) is 0.308. The first-order valence-electron chi connectivity index (χ1n) is 6.32. The molecule has 2 heterocycles. The van der Waals surface area contributed by atoms with Gasteiger partial charge >= 0.3 is 6.01 Å². The van der Waals surface area contributed by atoms with Crippen LogP contribution in [-0.2, 0) is 12.8 Å². The largest absolute Gasteiger partial charge is 0.422 e. The number of nitrogens with two attached hydrogens (primary N) is 1. The minimum absolute atomic E-state index is 0.435. The highest BCUT2D eigenvalue weighted by Gasteiger charge is 2.14. The normalized spacial score (nSPS) is 11.3. The molecule has 0 spiro atoms. The Balaban J connectivity index is 2.15. The van der Waals surface area contributed by atoms with Gasteiger partial charge in [0.1, 0.15) is 11.3 Å². The van der Waals surface area contributed by atoms with Gasteiger partial charge in [0.25, 0.3) is 0 Å². The van der Waals surface area contributed by atoms with Gasteiger partial charge < -0.3 is 10.2 Å². The van der Waals surface area contributed by atoms with E-state index in [0.29, 0.717) is 17.3 Å². The van der Waals surface area contributed by atoms with E-state index < -0.39 is 0 Å². The van der Waals surface area contributed by atoms with Gasteiger partial charge in [-0.3, -0.25) is 0 Å². The van der Waals surface area contributed by atoms with Crippen molar-refractivity contribution in [1.82, 2.24) is 19.7 Å². The molecule has 3 aromatic rings. The summed E-state index contributed by atoms with van der Waals surface area (Å²) in [6.45, 7) is 4.05. The van der Waals surface area contributed by atoms with E-state index in [0.717, 1.165) is 30.0 Å². The first-order valence-corrected chi connectivity index (χ1v) is 6.32. The van der Waals surface area contributed by atoms with Gasteiger partial charge in [0.2, 0.25) is 0 Å². The zero-order valence-electron chi connectivity index (χ0n) is 10.9. The molecule has 0 fully saturated rings. The maximum Gasteiger partial charge on any atom is 0.325 e. The van der Waals surface area contributed by atoms with Gasteiger partial charge in [-0.2, -0.15) is 9.67 Å². The van der Waals surface area contributed by atoms with Crippen LogP contribution >= 0.6 is 0 Å². The Morgan fingerprint density at radius 2 is 2.05 bits per heavy atom. The predicted octanol–water partition coefficient (Wildman–Crippen LogP) is 2.12. The first-order chi connectivity index (χ1) is 9.21. The second-order valence-corrected chi connectivity index (χ2v) is 4.29. The number of aromatic nitrogens is 4. The molecule has 0 aliphatic carbocycles. The lowest BCUT2D eigenvalue weighted by molar-refractivity contribution is 0.532. The highest BCUT2D eigenvalue weighted by atomic mass is 16.4. The maximum absolute atomic E-state index is 5.74. The van der Waals surface area contributed by atoms with Crippen LogP contribution in [0.5, 0.6) is 0 Å². The highest BCUT2D eigenvalue weighted by molar-refractivity contribution is 5.77. The van der Waals surface area contributed by atoms with Gasteiger partial charge in [-0.1, -0.05) is 13.8 Å². The summed E-state index contributed by atoms with van der Waals surface area (Å²) >= 11 is 0. The third-order valence-corrected chi connectivity index (χ3v) is 2.93. The zero-order valence-corrected chi connectivity index (χ0v) is 10.9. The summed E-state index contributed by atoms with van der Waals surface area (Å²) in [5.74, 6) is 1.63. The molecule has 0 saturated heterocycles. The number of aryl methyl sites for hydroxylation is 2. The van der Waals surface area contributed by atoms with Gasteiger partial charge in [-0.25, -0.2) is 4.98 Å². The first kappa shape index (κ1) is 11.7. The summed E-state index contributed by atoms with van der Waals surface area (Å²) in [5.41, 5.74) is 7.82. The van der Waals surface area contributed by atoms with Crippen LogP contribution in [0.2, 0.25) is 0 Å². The van der Waals surface area contributed by atoms with Crippen LogP contribution in [0.3, 0.4) is 0 Å². The number of fused-ring (bicyclic) bond motifs is 1. The number of hydrogen-bond acceptors (Lipinski definition) is 5. The molecular weight excluding hydrogens is 242 g/mol. The van der Waals surface area contributed by atoms with E-state index in [1.54, 1.807) is 16.8 Å². The van der Waals surface area contributed by atoms with E-state index >= 15 is 0 Å². The van der Waals surface area contributed by atoms with E-state index in [1.165, 1.54) is 0 Å². The second-order valence-electron chi connectivity index (χ2n) is 4.29. The lowest BCUT2D eigenvalue weighted by Gasteiger charge is -1.96. The molecule has 0 aliphatic rings. The van der Waals surface area contributed by atoms with Gasteiger partial charge in [0, 0.05) is 18.5 Å². The molecule has 98 valence electrons. The van der Waals surface area contributed by atoms with E-state index in [2.05, 4.69) is 15.1 Å². The molecule has 0 unspecified atom stereocenters.